The van der Waals surface area contributed by atoms with Gasteiger partial charge in [-0.3, -0.25) is 0 Å². The predicted molar refractivity (Wildman–Crippen MR) is 146 cm³/mol. The van der Waals surface area contributed by atoms with Gasteiger partial charge in [-0.1, -0.05) is 53.1 Å². The molecule has 7 rings (SSSR count). The van der Waals surface area contributed by atoms with Crippen molar-refractivity contribution in [3.05, 3.63) is 106 Å². The van der Waals surface area contributed by atoms with Crippen molar-refractivity contribution in [3.63, 3.8) is 0 Å². The number of hydrogen-bond acceptors (Lipinski definition) is 7. The van der Waals surface area contributed by atoms with Gasteiger partial charge in [-0.05, 0) is 57.8 Å². The summed E-state index contributed by atoms with van der Waals surface area (Å²) in [5.74, 6) is 0.408. The van der Waals surface area contributed by atoms with Crippen LogP contribution in [0.2, 0.25) is 5.02 Å². The van der Waals surface area contributed by atoms with Crippen LogP contribution in [0.15, 0.2) is 85.3 Å². The van der Waals surface area contributed by atoms with E-state index in [-0.39, 0.29) is 0 Å². The van der Waals surface area contributed by atoms with Crippen LogP contribution in [0, 0.1) is 0 Å². The van der Waals surface area contributed by atoms with Crippen molar-refractivity contribution in [1.82, 2.24) is 34.6 Å². The lowest BCUT2D eigenvalue weighted by molar-refractivity contribution is 0.608. The zero-order valence-corrected chi connectivity index (χ0v) is 21.1. The predicted octanol–water partition coefficient (Wildman–Crippen LogP) is 5.19. The zero-order chi connectivity index (χ0) is 25.1. The van der Waals surface area contributed by atoms with Crippen LogP contribution in [-0.4, -0.2) is 34.6 Å². The Balaban J connectivity index is 1.55. The normalized spacial score (nSPS) is 13.5. The van der Waals surface area contributed by atoms with Crippen molar-refractivity contribution in [2.75, 3.05) is 0 Å². The quantitative estimate of drug-likeness (QED) is 0.341. The van der Waals surface area contributed by atoms with Crippen molar-refractivity contribution < 1.29 is 0 Å². The molecule has 10 heteroatoms. The standard InChI is InChI=1S/C27H19ClN8S/c1-35-15-30-14-23(35)27(29,24-12-16-5-2-3-8-22(16)37-24)18-9-10-21-20(13-18)25(17-6-4-7-19(28)11-17)31-26-32-33-34-36(21)26/h2-15H,29H2,1H3. The number of nitrogens with two attached hydrogens (primary N) is 1. The van der Waals surface area contributed by atoms with E-state index in [9.17, 15) is 0 Å². The number of fused-ring (bicyclic) bond motifs is 4. The first kappa shape index (κ1) is 22.1. The van der Waals surface area contributed by atoms with Crippen LogP contribution in [0.1, 0.15) is 16.1 Å². The summed E-state index contributed by atoms with van der Waals surface area (Å²) < 4.78 is 4.77. The monoisotopic (exact) mass is 522 g/mol. The Kier molecular flexibility index (Phi) is 4.87. The molecule has 1 unspecified atom stereocenters. The topological polar surface area (TPSA) is 99.8 Å². The first-order chi connectivity index (χ1) is 18.0. The molecule has 2 N–H and O–H groups in total. The molecule has 37 heavy (non-hydrogen) atoms. The first-order valence-corrected chi connectivity index (χ1v) is 12.7. The lowest BCUT2D eigenvalue weighted by Crippen LogP contribution is -2.40. The van der Waals surface area contributed by atoms with Crippen LogP contribution in [-0.2, 0) is 12.6 Å². The highest BCUT2D eigenvalue weighted by atomic mass is 35.5. The molecule has 4 aromatic heterocycles. The molecule has 0 aliphatic rings. The van der Waals surface area contributed by atoms with Gasteiger partial charge in [-0.2, -0.15) is 4.52 Å². The molecule has 3 aromatic carbocycles. The number of halogens is 1. The number of thiophene rings is 1. The lowest BCUT2D eigenvalue weighted by atomic mass is 9.85. The molecule has 0 radical (unpaired) electrons. The Bertz CT molecular complexity index is 1920. The summed E-state index contributed by atoms with van der Waals surface area (Å²) in [6.45, 7) is 0. The Morgan fingerprint density at radius 2 is 1.89 bits per heavy atom. The third-order valence-corrected chi connectivity index (χ3v) is 8.22. The van der Waals surface area contributed by atoms with E-state index in [2.05, 4.69) is 44.8 Å². The fourth-order valence-electron chi connectivity index (χ4n) is 4.91. The molecule has 180 valence electrons. The maximum absolute atomic E-state index is 7.43. The van der Waals surface area contributed by atoms with Gasteiger partial charge in [0.05, 0.1) is 29.4 Å². The average molecular weight is 523 g/mol. The number of aryl methyl sites for hydroxylation is 1. The van der Waals surface area contributed by atoms with Crippen molar-refractivity contribution in [3.8, 4) is 11.3 Å². The molecule has 7 aromatic rings. The molecule has 1 atom stereocenters. The van der Waals surface area contributed by atoms with Gasteiger partial charge in [0.15, 0.2) is 0 Å². The molecule has 4 heterocycles. The highest BCUT2D eigenvalue weighted by Crippen LogP contribution is 2.42. The molecule has 0 saturated carbocycles. The molecular weight excluding hydrogens is 504 g/mol. The van der Waals surface area contributed by atoms with Gasteiger partial charge in [0, 0.05) is 32.6 Å². The fraction of sp³-hybridized carbons (Fsp3) is 0.0741. The van der Waals surface area contributed by atoms with Crippen molar-refractivity contribution in [2.45, 2.75) is 5.54 Å². The summed E-state index contributed by atoms with van der Waals surface area (Å²) in [5.41, 5.74) is 10.6. The summed E-state index contributed by atoms with van der Waals surface area (Å²) in [4.78, 5) is 10.2. The second kappa shape index (κ2) is 8.17. The second-order valence-electron chi connectivity index (χ2n) is 8.94. The fourth-order valence-corrected chi connectivity index (χ4v) is 6.30. The van der Waals surface area contributed by atoms with Crippen LogP contribution < -0.4 is 5.73 Å². The molecule has 0 aliphatic carbocycles. The van der Waals surface area contributed by atoms with Gasteiger partial charge in [0.1, 0.15) is 5.54 Å². The molecular formula is C27H19ClN8S. The summed E-state index contributed by atoms with van der Waals surface area (Å²) in [6.07, 6.45) is 3.60. The third-order valence-electron chi connectivity index (χ3n) is 6.73. The minimum absolute atomic E-state index is 0.408. The summed E-state index contributed by atoms with van der Waals surface area (Å²) in [5, 5.41) is 14.7. The van der Waals surface area contributed by atoms with Gasteiger partial charge in [0.2, 0.25) is 0 Å². The Labute approximate surface area is 220 Å². The van der Waals surface area contributed by atoms with E-state index < -0.39 is 5.54 Å². The smallest absolute Gasteiger partial charge is 0.274 e. The van der Waals surface area contributed by atoms with Crippen LogP contribution in [0.25, 0.3) is 38.0 Å². The number of benzene rings is 3. The average Bonchev–Trinajstić information content (AvgIpc) is 3.67. The van der Waals surface area contributed by atoms with Crippen LogP contribution in [0.5, 0.6) is 0 Å². The molecule has 0 saturated heterocycles. The zero-order valence-electron chi connectivity index (χ0n) is 19.6. The number of hydrogen-bond donors (Lipinski definition) is 1. The minimum Gasteiger partial charge on any atom is -0.335 e. The molecule has 0 spiro atoms. The number of rotatable bonds is 4. The lowest BCUT2D eigenvalue weighted by Gasteiger charge is -2.30. The maximum atomic E-state index is 7.43. The van der Waals surface area contributed by atoms with E-state index in [0.29, 0.717) is 10.8 Å². The SMILES string of the molecule is Cn1cncc1C(N)(c1ccc2c(c1)c(-c1cccc(Cl)c1)nc1nnnn12)c1cc2ccccc2s1. The molecule has 8 nitrogen and oxygen atoms in total. The maximum Gasteiger partial charge on any atom is 0.274 e. The summed E-state index contributed by atoms with van der Waals surface area (Å²) in [6, 6.07) is 24.2. The summed E-state index contributed by atoms with van der Waals surface area (Å²) >= 11 is 8.03. The largest absolute Gasteiger partial charge is 0.335 e. The first-order valence-electron chi connectivity index (χ1n) is 11.6. The van der Waals surface area contributed by atoms with Gasteiger partial charge in [-0.25, -0.2) is 9.97 Å². The van der Waals surface area contributed by atoms with Gasteiger partial charge in [-0.15, -0.1) is 11.3 Å². The van der Waals surface area contributed by atoms with Crippen molar-refractivity contribution in [1.29, 1.82) is 0 Å². The van der Waals surface area contributed by atoms with E-state index in [1.807, 2.05) is 66.3 Å². The van der Waals surface area contributed by atoms with Gasteiger partial charge >= 0.3 is 0 Å². The van der Waals surface area contributed by atoms with Crippen LogP contribution in [0.4, 0.5) is 0 Å². The molecule has 0 aliphatic heterocycles. The second-order valence-corrected chi connectivity index (χ2v) is 10.5. The molecule has 0 fully saturated rings. The van der Waals surface area contributed by atoms with Gasteiger partial charge < -0.3 is 10.3 Å². The molecule has 0 amide bonds. The third kappa shape index (κ3) is 3.36. The highest BCUT2D eigenvalue weighted by Gasteiger charge is 2.37. The minimum atomic E-state index is -0.968. The van der Waals surface area contributed by atoms with Crippen molar-refractivity contribution >= 4 is 49.7 Å². The summed E-state index contributed by atoms with van der Waals surface area (Å²) in [7, 11) is 1.96. The van der Waals surface area contributed by atoms with E-state index in [1.54, 1.807) is 22.2 Å². The number of nitrogens with zero attached hydrogens (tertiary/aromatic N) is 7. The Morgan fingerprint density at radius 1 is 1.00 bits per heavy atom. The van der Waals surface area contributed by atoms with Crippen LogP contribution >= 0.6 is 22.9 Å². The van der Waals surface area contributed by atoms with Crippen molar-refractivity contribution in [2.24, 2.45) is 12.8 Å². The molecule has 0 bridgehead atoms. The highest BCUT2D eigenvalue weighted by molar-refractivity contribution is 7.19. The number of tetrazole rings is 1. The van der Waals surface area contributed by atoms with E-state index >= 15 is 0 Å². The van der Waals surface area contributed by atoms with Gasteiger partial charge in [0.25, 0.3) is 5.78 Å². The van der Waals surface area contributed by atoms with E-state index in [1.165, 1.54) is 4.70 Å². The van der Waals surface area contributed by atoms with E-state index in [0.717, 1.165) is 43.7 Å². The Hall–Kier alpha value is -4.18. The van der Waals surface area contributed by atoms with Crippen LogP contribution in [0.3, 0.4) is 0 Å². The van der Waals surface area contributed by atoms with E-state index in [4.69, 9.17) is 22.3 Å². The Morgan fingerprint density at radius 3 is 2.70 bits per heavy atom. The number of aromatic nitrogens is 7. The number of imidazole rings is 1.